The van der Waals surface area contributed by atoms with Gasteiger partial charge in [-0.05, 0) is 38.8 Å². The number of rotatable bonds is 5. The molecule has 0 unspecified atom stereocenters. The maximum Gasteiger partial charge on any atom is 0.324 e. The number of nitrogens with two attached hydrogens (primary N) is 1. The third kappa shape index (κ3) is 3.96. The van der Waals surface area contributed by atoms with Gasteiger partial charge in [0.05, 0.1) is 6.61 Å². The van der Waals surface area contributed by atoms with Gasteiger partial charge in [0.1, 0.15) is 6.04 Å². The lowest BCUT2D eigenvalue weighted by Gasteiger charge is -2.39. The zero-order valence-electron chi connectivity index (χ0n) is 11.3. The second kappa shape index (κ2) is 6.97. The summed E-state index contributed by atoms with van der Waals surface area (Å²) in [6.07, 6.45) is 3.70. The summed E-state index contributed by atoms with van der Waals surface area (Å²) in [6.45, 7) is 8.57. The van der Waals surface area contributed by atoms with Crippen LogP contribution in [0.1, 0.15) is 40.0 Å². The molecule has 1 heterocycles. The average molecular weight is 242 g/mol. The molecule has 2 atom stereocenters. The molecule has 1 rings (SSSR count). The van der Waals surface area contributed by atoms with E-state index in [-0.39, 0.29) is 12.0 Å². The zero-order valence-corrected chi connectivity index (χ0v) is 11.3. The first kappa shape index (κ1) is 14.5. The molecule has 1 aliphatic heterocycles. The lowest BCUT2D eigenvalue weighted by Crippen LogP contribution is -2.56. The zero-order chi connectivity index (χ0) is 12.8. The highest BCUT2D eigenvalue weighted by molar-refractivity contribution is 5.76. The third-order valence-electron chi connectivity index (χ3n) is 3.42. The van der Waals surface area contributed by atoms with Crippen LogP contribution in [0.3, 0.4) is 0 Å². The van der Waals surface area contributed by atoms with Crippen LogP contribution in [0.25, 0.3) is 0 Å². The van der Waals surface area contributed by atoms with E-state index >= 15 is 0 Å². The molecule has 4 nitrogen and oxygen atoms in total. The van der Waals surface area contributed by atoms with E-state index in [4.69, 9.17) is 10.5 Å². The van der Waals surface area contributed by atoms with Gasteiger partial charge in [0.15, 0.2) is 0 Å². The molecule has 2 N–H and O–H groups in total. The number of likely N-dealkylation sites (tertiary alicyclic amines) is 1. The molecule has 0 saturated carbocycles. The molecule has 0 bridgehead atoms. The van der Waals surface area contributed by atoms with Gasteiger partial charge in [0.25, 0.3) is 0 Å². The van der Waals surface area contributed by atoms with Crippen molar-refractivity contribution in [3.8, 4) is 0 Å². The van der Waals surface area contributed by atoms with Gasteiger partial charge < -0.3 is 10.5 Å². The van der Waals surface area contributed by atoms with Crippen LogP contribution >= 0.6 is 0 Å². The van der Waals surface area contributed by atoms with Crippen molar-refractivity contribution >= 4 is 5.97 Å². The first-order chi connectivity index (χ1) is 8.07. The van der Waals surface area contributed by atoms with Crippen LogP contribution in [0.15, 0.2) is 0 Å². The normalized spacial score (nSPS) is 21.2. The Bertz CT molecular complexity index is 238. The predicted molar refractivity (Wildman–Crippen MR) is 68.7 cm³/mol. The Hall–Kier alpha value is -0.610. The third-order valence-corrected chi connectivity index (χ3v) is 3.42. The fraction of sp³-hybridized carbons (Fsp3) is 0.923. The molecule has 0 aromatic heterocycles. The summed E-state index contributed by atoms with van der Waals surface area (Å²) in [6, 6.07) is -0.414. The van der Waals surface area contributed by atoms with E-state index in [1.54, 1.807) is 0 Å². The summed E-state index contributed by atoms with van der Waals surface area (Å²) in [5.41, 5.74) is 6.06. The SMILES string of the molecule is CCOC(=O)[C@H](N)[C@@H](C(C)C)N1CCCCC1. The number of esters is 1. The van der Waals surface area contributed by atoms with Crippen molar-refractivity contribution in [2.45, 2.75) is 52.1 Å². The standard InChI is InChI=1S/C13H26N2O2/c1-4-17-13(16)11(14)12(10(2)3)15-8-6-5-7-9-15/h10-12H,4-9,14H2,1-3H3/t11-,12-/m1/s1. The van der Waals surface area contributed by atoms with E-state index in [0.29, 0.717) is 12.5 Å². The van der Waals surface area contributed by atoms with Crippen LogP contribution in [0.4, 0.5) is 0 Å². The summed E-state index contributed by atoms with van der Waals surface area (Å²) in [5.74, 6) is 0.101. The highest BCUT2D eigenvalue weighted by Gasteiger charge is 2.33. The molecule has 1 aliphatic rings. The van der Waals surface area contributed by atoms with E-state index in [0.717, 1.165) is 13.1 Å². The smallest absolute Gasteiger partial charge is 0.324 e. The molecule has 0 aromatic rings. The van der Waals surface area contributed by atoms with Gasteiger partial charge in [-0.25, -0.2) is 0 Å². The predicted octanol–water partition coefficient (Wildman–Crippen LogP) is 1.39. The van der Waals surface area contributed by atoms with Crippen LogP contribution in [0.5, 0.6) is 0 Å². The quantitative estimate of drug-likeness (QED) is 0.740. The molecule has 0 aromatic carbocycles. The van der Waals surface area contributed by atoms with Crippen molar-refractivity contribution in [1.29, 1.82) is 0 Å². The minimum absolute atomic E-state index is 0.106. The van der Waals surface area contributed by atoms with Gasteiger partial charge in [-0.1, -0.05) is 20.3 Å². The van der Waals surface area contributed by atoms with E-state index in [9.17, 15) is 4.79 Å². The fourth-order valence-corrected chi connectivity index (χ4v) is 2.66. The molecule has 0 aliphatic carbocycles. The number of ether oxygens (including phenoxy) is 1. The minimum atomic E-state index is -0.520. The van der Waals surface area contributed by atoms with Gasteiger partial charge in [-0.3, -0.25) is 9.69 Å². The van der Waals surface area contributed by atoms with Crippen LogP contribution in [-0.4, -0.2) is 42.6 Å². The van der Waals surface area contributed by atoms with Crippen molar-refractivity contribution in [2.75, 3.05) is 19.7 Å². The van der Waals surface area contributed by atoms with Crippen LogP contribution in [-0.2, 0) is 9.53 Å². The first-order valence-electron chi connectivity index (χ1n) is 6.74. The Labute approximate surface area is 104 Å². The van der Waals surface area contributed by atoms with Crippen molar-refractivity contribution < 1.29 is 9.53 Å². The lowest BCUT2D eigenvalue weighted by atomic mass is 9.93. The summed E-state index contributed by atoms with van der Waals surface area (Å²) >= 11 is 0. The van der Waals surface area contributed by atoms with Gasteiger partial charge in [-0.15, -0.1) is 0 Å². The number of piperidine rings is 1. The van der Waals surface area contributed by atoms with Crippen LogP contribution in [0, 0.1) is 5.92 Å². The first-order valence-corrected chi connectivity index (χ1v) is 6.74. The molecule has 4 heteroatoms. The van der Waals surface area contributed by atoms with E-state index < -0.39 is 6.04 Å². The molecule has 17 heavy (non-hydrogen) atoms. The Morgan fingerprint density at radius 1 is 1.29 bits per heavy atom. The molecule has 1 saturated heterocycles. The Balaban J connectivity index is 2.66. The Kier molecular flexibility index (Phi) is 5.92. The van der Waals surface area contributed by atoms with E-state index in [2.05, 4.69) is 18.7 Å². The largest absolute Gasteiger partial charge is 0.465 e. The molecule has 0 radical (unpaired) electrons. The number of nitrogens with zero attached hydrogens (tertiary/aromatic N) is 1. The molecule has 0 spiro atoms. The average Bonchev–Trinajstić information content (AvgIpc) is 2.30. The molecule has 1 fully saturated rings. The Morgan fingerprint density at radius 3 is 2.35 bits per heavy atom. The number of hydrogen-bond acceptors (Lipinski definition) is 4. The highest BCUT2D eigenvalue weighted by Crippen LogP contribution is 2.20. The molecular weight excluding hydrogens is 216 g/mol. The topological polar surface area (TPSA) is 55.6 Å². The Morgan fingerprint density at radius 2 is 1.88 bits per heavy atom. The highest BCUT2D eigenvalue weighted by atomic mass is 16.5. The molecule has 0 amide bonds. The molecular formula is C13H26N2O2. The summed E-state index contributed by atoms with van der Waals surface area (Å²) in [7, 11) is 0. The van der Waals surface area contributed by atoms with Crippen LogP contribution < -0.4 is 5.73 Å². The van der Waals surface area contributed by atoms with E-state index in [1.807, 2.05) is 6.92 Å². The molecule has 100 valence electrons. The number of carbonyl (C=O) groups is 1. The van der Waals surface area contributed by atoms with Crippen molar-refractivity contribution in [3.05, 3.63) is 0 Å². The van der Waals surface area contributed by atoms with Crippen molar-refractivity contribution in [1.82, 2.24) is 4.90 Å². The maximum atomic E-state index is 11.8. The number of carbonyl (C=O) groups excluding carboxylic acids is 1. The second-order valence-corrected chi connectivity index (χ2v) is 5.11. The lowest BCUT2D eigenvalue weighted by molar-refractivity contribution is -0.147. The monoisotopic (exact) mass is 242 g/mol. The second-order valence-electron chi connectivity index (χ2n) is 5.11. The maximum absolute atomic E-state index is 11.8. The van der Waals surface area contributed by atoms with Crippen molar-refractivity contribution in [2.24, 2.45) is 11.7 Å². The van der Waals surface area contributed by atoms with Crippen molar-refractivity contribution in [3.63, 3.8) is 0 Å². The summed E-state index contributed by atoms with van der Waals surface area (Å²) in [4.78, 5) is 14.1. The fourth-order valence-electron chi connectivity index (χ4n) is 2.66. The summed E-state index contributed by atoms with van der Waals surface area (Å²) < 4.78 is 5.04. The van der Waals surface area contributed by atoms with Gasteiger partial charge in [0, 0.05) is 6.04 Å². The minimum Gasteiger partial charge on any atom is -0.465 e. The van der Waals surface area contributed by atoms with E-state index in [1.165, 1.54) is 19.3 Å². The van der Waals surface area contributed by atoms with Crippen LogP contribution in [0.2, 0.25) is 0 Å². The summed E-state index contributed by atoms with van der Waals surface area (Å²) in [5, 5.41) is 0. The van der Waals surface area contributed by atoms with Gasteiger partial charge in [-0.2, -0.15) is 0 Å². The number of hydrogen-bond donors (Lipinski definition) is 1. The van der Waals surface area contributed by atoms with Gasteiger partial charge in [0.2, 0.25) is 0 Å². The van der Waals surface area contributed by atoms with Gasteiger partial charge >= 0.3 is 5.97 Å².